The number of phenolic OH excluding ortho intramolecular Hbond substituents is 1. The zero-order valence-electron chi connectivity index (χ0n) is 10.6. The van der Waals surface area contributed by atoms with Crippen molar-refractivity contribution in [3.8, 4) is 5.75 Å². The molecule has 16 heavy (non-hydrogen) atoms. The fourth-order valence-corrected chi connectivity index (χ4v) is 2.08. The Labute approximate surface area is 98.2 Å². The summed E-state index contributed by atoms with van der Waals surface area (Å²) in [5.74, 6) is 0.291. The summed E-state index contributed by atoms with van der Waals surface area (Å²) in [6.45, 7) is 12.6. The number of hydrogen-bond donors (Lipinski definition) is 1. The summed E-state index contributed by atoms with van der Waals surface area (Å²) in [6.07, 6.45) is 0. The third-order valence-corrected chi connectivity index (χ3v) is 2.64. The summed E-state index contributed by atoms with van der Waals surface area (Å²) >= 11 is 0. The molecule has 1 aromatic rings. The standard InChI is InChI=1S/C14H21NO/c1-10(2)15(11(3)4)12(5)13-8-6-7-9-14(13)16/h6-11,16H,5H2,1-4H3. The van der Waals surface area contributed by atoms with E-state index in [1.165, 1.54) is 0 Å². The van der Waals surface area contributed by atoms with Crippen LogP contribution in [0.1, 0.15) is 33.3 Å². The molecule has 2 heteroatoms. The van der Waals surface area contributed by atoms with Gasteiger partial charge in [-0.1, -0.05) is 18.7 Å². The van der Waals surface area contributed by atoms with E-state index in [-0.39, 0.29) is 0 Å². The van der Waals surface area contributed by atoms with Gasteiger partial charge in [0.2, 0.25) is 0 Å². The average molecular weight is 219 g/mol. The first-order chi connectivity index (χ1) is 7.45. The minimum atomic E-state index is 0.291. The molecule has 0 aliphatic rings. The fraction of sp³-hybridized carbons (Fsp3) is 0.429. The highest BCUT2D eigenvalue weighted by Crippen LogP contribution is 2.28. The second-order valence-electron chi connectivity index (χ2n) is 4.56. The van der Waals surface area contributed by atoms with Gasteiger partial charge in [0, 0.05) is 23.3 Å². The Balaban J connectivity index is 3.05. The van der Waals surface area contributed by atoms with Crippen LogP contribution >= 0.6 is 0 Å². The molecule has 0 fully saturated rings. The van der Waals surface area contributed by atoms with Crippen LogP contribution < -0.4 is 0 Å². The second-order valence-corrected chi connectivity index (χ2v) is 4.56. The highest BCUT2D eigenvalue weighted by Gasteiger charge is 2.18. The van der Waals surface area contributed by atoms with Gasteiger partial charge in [0.1, 0.15) is 5.75 Å². The number of rotatable bonds is 4. The Morgan fingerprint density at radius 2 is 1.62 bits per heavy atom. The molecule has 0 saturated heterocycles. The summed E-state index contributed by atoms with van der Waals surface area (Å²) in [5, 5.41) is 9.81. The van der Waals surface area contributed by atoms with Gasteiger partial charge < -0.3 is 10.0 Å². The molecular weight excluding hydrogens is 198 g/mol. The smallest absolute Gasteiger partial charge is 0.124 e. The quantitative estimate of drug-likeness (QED) is 0.838. The van der Waals surface area contributed by atoms with Crippen molar-refractivity contribution in [2.75, 3.05) is 0 Å². The molecule has 0 radical (unpaired) electrons. The topological polar surface area (TPSA) is 23.5 Å². The maximum atomic E-state index is 9.81. The lowest BCUT2D eigenvalue weighted by Crippen LogP contribution is -2.35. The third-order valence-electron chi connectivity index (χ3n) is 2.64. The summed E-state index contributed by atoms with van der Waals surface area (Å²) in [7, 11) is 0. The molecule has 1 rings (SSSR count). The predicted octanol–water partition coefficient (Wildman–Crippen LogP) is 3.48. The molecule has 0 aromatic heterocycles. The number of phenols is 1. The van der Waals surface area contributed by atoms with Crippen LogP contribution in [0.5, 0.6) is 5.75 Å². The molecule has 88 valence electrons. The van der Waals surface area contributed by atoms with Gasteiger partial charge in [-0.25, -0.2) is 0 Å². The third kappa shape index (κ3) is 2.57. The largest absolute Gasteiger partial charge is 0.507 e. The molecule has 0 aliphatic carbocycles. The Kier molecular flexibility index (Phi) is 3.99. The van der Waals surface area contributed by atoms with Crippen LogP contribution in [0.25, 0.3) is 5.70 Å². The van der Waals surface area contributed by atoms with Crippen LogP contribution in [0.2, 0.25) is 0 Å². The molecule has 0 atom stereocenters. The van der Waals surface area contributed by atoms with Crippen molar-refractivity contribution in [3.05, 3.63) is 36.4 Å². The summed E-state index contributed by atoms with van der Waals surface area (Å²) < 4.78 is 0. The molecule has 0 aliphatic heterocycles. The van der Waals surface area contributed by atoms with E-state index in [9.17, 15) is 5.11 Å². The lowest BCUT2D eigenvalue weighted by atomic mass is 10.1. The van der Waals surface area contributed by atoms with Gasteiger partial charge in [-0.2, -0.15) is 0 Å². The zero-order valence-corrected chi connectivity index (χ0v) is 10.6. The molecular formula is C14H21NO. The van der Waals surface area contributed by atoms with Crippen LogP contribution in [-0.4, -0.2) is 22.1 Å². The van der Waals surface area contributed by atoms with E-state index in [2.05, 4.69) is 39.2 Å². The van der Waals surface area contributed by atoms with Crippen molar-refractivity contribution in [1.29, 1.82) is 0 Å². The van der Waals surface area contributed by atoms with Crippen LogP contribution in [0.3, 0.4) is 0 Å². The van der Waals surface area contributed by atoms with Crippen LogP contribution in [0, 0.1) is 0 Å². The highest BCUT2D eigenvalue weighted by molar-refractivity contribution is 5.67. The molecule has 1 N–H and O–H groups in total. The van der Waals surface area contributed by atoms with E-state index in [1.807, 2.05) is 18.2 Å². The minimum Gasteiger partial charge on any atom is -0.507 e. The van der Waals surface area contributed by atoms with Crippen molar-refractivity contribution in [2.24, 2.45) is 0 Å². The van der Waals surface area contributed by atoms with Crippen molar-refractivity contribution < 1.29 is 5.11 Å². The number of aromatic hydroxyl groups is 1. The van der Waals surface area contributed by atoms with E-state index < -0.39 is 0 Å². The van der Waals surface area contributed by atoms with Gasteiger partial charge in [0.05, 0.1) is 0 Å². The molecule has 0 amide bonds. The summed E-state index contributed by atoms with van der Waals surface area (Å²) in [4.78, 5) is 2.20. The van der Waals surface area contributed by atoms with Gasteiger partial charge in [-0.15, -0.1) is 0 Å². The van der Waals surface area contributed by atoms with Crippen molar-refractivity contribution in [1.82, 2.24) is 4.90 Å². The van der Waals surface area contributed by atoms with Gasteiger partial charge in [-0.3, -0.25) is 0 Å². The van der Waals surface area contributed by atoms with Gasteiger partial charge in [0.15, 0.2) is 0 Å². The Hall–Kier alpha value is -1.44. The molecule has 0 unspecified atom stereocenters. The Morgan fingerprint density at radius 3 is 2.06 bits per heavy atom. The number of nitrogens with zero attached hydrogens (tertiary/aromatic N) is 1. The zero-order chi connectivity index (χ0) is 12.3. The van der Waals surface area contributed by atoms with E-state index in [0.29, 0.717) is 17.8 Å². The predicted molar refractivity (Wildman–Crippen MR) is 69.3 cm³/mol. The minimum absolute atomic E-state index is 0.291. The molecule has 0 heterocycles. The van der Waals surface area contributed by atoms with Crippen LogP contribution in [-0.2, 0) is 0 Å². The van der Waals surface area contributed by atoms with E-state index >= 15 is 0 Å². The maximum Gasteiger partial charge on any atom is 0.124 e. The lowest BCUT2D eigenvalue weighted by molar-refractivity contribution is 0.274. The average Bonchev–Trinajstić information content (AvgIpc) is 2.16. The summed E-state index contributed by atoms with van der Waals surface area (Å²) in [6, 6.07) is 8.06. The van der Waals surface area contributed by atoms with E-state index in [0.717, 1.165) is 11.3 Å². The summed E-state index contributed by atoms with van der Waals surface area (Å²) in [5.41, 5.74) is 1.69. The van der Waals surface area contributed by atoms with Crippen LogP contribution in [0.4, 0.5) is 0 Å². The monoisotopic (exact) mass is 219 g/mol. The van der Waals surface area contributed by atoms with Gasteiger partial charge in [0.25, 0.3) is 0 Å². The van der Waals surface area contributed by atoms with E-state index in [1.54, 1.807) is 6.07 Å². The Bertz CT molecular complexity index is 361. The normalized spacial score (nSPS) is 10.9. The number of hydrogen-bond acceptors (Lipinski definition) is 2. The SMILES string of the molecule is C=C(c1ccccc1O)N(C(C)C)C(C)C. The number of para-hydroxylation sites is 1. The van der Waals surface area contributed by atoms with Crippen molar-refractivity contribution >= 4 is 5.70 Å². The molecule has 0 bridgehead atoms. The van der Waals surface area contributed by atoms with Crippen molar-refractivity contribution in [3.63, 3.8) is 0 Å². The molecule has 1 aromatic carbocycles. The molecule has 2 nitrogen and oxygen atoms in total. The van der Waals surface area contributed by atoms with Crippen LogP contribution in [0.15, 0.2) is 30.8 Å². The maximum absolute atomic E-state index is 9.81. The molecule has 0 saturated carbocycles. The first-order valence-corrected chi connectivity index (χ1v) is 5.70. The molecule has 0 spiro atoms. The lowest BCUT2D eigenvalue weighted by Gasteiger charge is -2.35. The van der Waals surface area contributed by atoms with E-state index in [4.69, 9.17) is 0 Å². The van der Waals surface area contributed by atoms with Crippen molar-refractivity contribution in [2.45, 2.75) is 39.8 Å². The first-order valence-electron chi connectivity index (χ1n) is 5.70. The second kappa shape index (κ2) is 5.06. The highest BCUT2D eigenvalue weighted by atomic mass is 16.3. The van der Waals surface area contributed by atoms with Gasteiger partial charge in [-0.05, 0) is 39.8 Å². The fourth-order valence-electron chi connectivity index (χ4n) is 2.08. The Morgan fingerprint density at radius 1 is 1.12 bits per heavy atom. The van der Waals surface area contributed by atoms with Gasteiger partial charge >= 0.3 is 0 Å². The number of benzene rings is 1. The first kappa shape index (κ1) is 12.6.